The molecule has 0 radical (unpaired) electrons. The fraction of sp³-hybridized carbons (Fsp3) is 0.229. The van der Waals surface area contributed by atoms with Gasteiger partial charge in [-0.1, -0.05) is 43.3 Å². The maximum Gasteiger partial charge on any atom is 0.166 e. The summed E-state index contributed by atoms with van der Waals surface area (Å²) in [5.41, 5.74) is 3.84. The summed E-state index contributed by atoms with van der Waals surface area (Å²) in [7, 11) is 0. The lowest BCUT2D eigenvalue weighted by Crippen LogP contribution is -2.28. The molecular formula is C35H31F2N3O3. The Kier molecular flexibility index (Phi) is 7.86. The Morgan fingerprint density at radius 3 is 2.35 bits per heavy atom. The summed E-state index contributed by atoms with van der Waals surface area (Å²) in [6, 6.07) is 22.0. The highest BCUT2D eigenvalue weighted by molar-refractivity contribution is 6.11. The first-order valence-electron chi connectivity index (χ1n) is 14.4. The van der Waals surface area contributed by atoms with Gasteiger partial charge < -0.3 is 10.1 Å². The normalized spacial score (nSPS) is 13.7. The van der Waals surface area contributed by atoms with Crippen molar-refractivity contribution in [2.45, 2.75) is 39.2 Å². The number of Topliss-reactive ketones (excluding diaryl/α,β-unsaturated/α-hetero) is 2. The van der Waals surface area contributed by atoms with Crippen molar-refractivity contribution in [2.75, 3.05) is 6.54 Å². The quantitative estimate of drug-likeness (QED) is 0.163. The van der Waals surface area contributed by atoms with Gasteiger partial charge in [-0.2, -0.15) is 5.10 Å². The fourth-order valence-corrected chi connectivity index (χ4v) is 5.45. The van der Waals surface area contributed by atoms with Crippen LogP contribution < -0.4 is 10.1 Å². The molecule has 0 saturated heterocycles. The molecule has 1 N–H and O–H groups in total. The van der Waals surface area contributed by atoms with Crippen molar-refractivity contribution >= 4 is 17.1 Å². The first-order valence-corrected chi connectivity index (χ1v) is 14.4. The first kappa shape index (κ1) is 28.4. The van der Waals surface area contributed by atoms with Crippen LogP contribution in [0.25, 0.3) is 16.6 Å². The molecule has 5 aromatic rings. The number of carbonyl (C=O) groups excluding carboxylic acids is 2. The molecule has 1 saturated carbocycles. The number of nitrogens with one attached hydrogen (secondary N) is 1. The second-order valence-corrected chi connectivity index (χ2v) is 11.0. The molecule has 0 spiro atoms. The van der Waals surface area contributed by atoms with Crippen LogP contribution in [-0.4, -0.2) is 27.7 Å². The summed E-state index contributed by atoms with van der Waals surface area (Å²) < 4.78 is 36.3. The number of benzene rings is 3. The molecule has 43 heavy (non-hydrogen) atoms. The molecule has 1 fully saturated rings. The number of halogens is 2. The van der Waals surface area contributed by atoms with Crippen molar-refractivity contribution in [1.82, 2.24) is 14.9 Å². The lowest BCUT2D eigenvalue weighted by atomic mass is 9.88. The fourth-order valence-electron chi connectivity index (χ4n) is 5.45. The highest BCUT2D eigenvalue weighted by atomic mass is 19.1. The number of carbonyl (C=O) groups is 2. The standard InChI is InChI=1S/C35H31F2N3O3/c1-2-38-22-25-4-3-5-26(18-25)28-13-17-40-34(28)31(12-16-39-40)43-30-11-8-24(19-29(30)37)21-33(42)35(14-15-35)32(41)20-23-6-9-27(36)10-7-23/h3-13,16-19,38H,2,14-15,20-22H2,1H3. The third-order valence-electron chi connectivity index (χ3n) is 8.01. The summed E-state index contributed by atoms with van der Waals surface area (Å²) in [6.45, 7) is 3.68. The van der Waals surface area contributed by atoms with Crippen LogP contribution in [0.1, 0.15) is 36.5 Å². The number of hydrogen-bond acceptors (Lipinski definition) is 5. The van der Waals surface area contributed by atoms with Crippen LogP contribution in [0.15, 0.2) is 91.3 Å². The van der Waals surface area contributed by atoms with Crippen molar-refractivity contribution in [3.63, 3.8) is 0 Å². The lowest BCUT2D eigenvalue weighted by molar-refractivity contribution is -0.133. The summed E-state index contributed by atoms with van der Waals surface area (Å²) in [6.07, 6.45) is 4.39. The van der Waals surface area contributed by atoms with Gasteiger partial charge in [0, 0.05) is 37.2 Å². The van der Waals surface area contributed by atoms with E-state index in [0.29, 0.717) is 35.2 Å². The number of fused-ring (bicyclic) bond motifs is 1. The minimum atomic E-state index is -1.04. The molecule has 0 aliphatic heterocycles. The van der Waals surface area contributed by atoms with Crippen molar-refractivity contribution in [2.24, 2.45) is 5.41 Å². The van der Waals surface area contributed by atoms with Crippen LogP contribution in [-0.2, 0) is 29.0 Å². The molecule has 2 heterocycles. The number of ether oxygens (including phenoxy) is 1. The SMILES string of the molecule is CCNCc1cccc(-c2ccn3nccc(Oc4ccc(CC(=O)C5(C(=O)Cc6ccc(F)cc6)CC5)cc4F)c23)c1. The largest absolute Gasteiger partial charge is 0.452 e. The van der Waals surface area contributed by atoms with E-state index >= 15 is 4.39 Å². The second kappa shape index (κ2) is 11.9. The Morgan fingerprint density at radius 1 is 0.884 bits per heavy atom. The highest BCUT2D eigenvalue weighted by Crippen LogP contribution is 2.49. The van der Waals surface area contributed by atoms with Gasteiger partial charge in [-0.15, -0.1) is 0 Å². The Morgan fingerprint density at radius 2 is 1.63 bits per heavy atom. The van der Waals surface area contributed by atoms with Gasteiger partial charge in [-0.3, -0.25) is 9.59 Å². The minimum Gasteiger partial charge on any atom is -0.452 e. The van der Waals surface area contributed by atoms with Gasteiger partial charge in [0.15, 0.2) is 28.9 Å². The summed E-state index contributed by atoms with van der Waals surface area (Å²) in [4.78, 5) is 26.2. The molecule has 218 valence electrons. The van der Waals surface area contributed by atoms with Gasteiger partial charge in [0.05, 0.1) is 11.6 Å². The lowest BCUT2D eigenvalue weighted by Gasteiger charge is -2.14. The van der Waals surface area contributed by atoms with E-state index in [-0.39, 0.29) is 36.0 Å². The molecule has 0 bridgehead atoms. The Hall–Kier alpha value is -4.69. The van der Waals surface area contributed by atoms with E-state index in [0.717, 1.165) is 29.8 Å². The molecule has 1 aliphatic carbocycles. The van der Waals surface area contributed by atoms with Crippen LogP contribution in [0, 0.1) is 17.0 Å². The number of hydrogen-bond donors (Lipinski definition) is 1. The second-order valence-electron chi connectivity index (χ2n) is 11.0. The topological polar surface area (TPSA) is 72.7 Å². The van der Waals surface area contributed by atoms with Crippen molar-refractivity contribution in [3.05, 3.63) is 120 Å². The number of ketones is 2. The van der Waals surface area contributed by atoms with E-state index in [9.17, 15) is 14.0 Å². The van der Waals surface area contributed by atoms with Gasteiger partial charge in [-0.05, 0) is 78.0 Å². The monoisotopic (exact) mass is 579 g/mol. The number of rotatable bonds is 12. The Balaban J connectivity index is 1.19. The van der Waals surface area contributed by atoms with E-state index in [4.69, 9.17) is 4.74 Å². The van der Waals surface area contributed by atoms with Crippen LogP contribution in [0.2, 0.25) is 0 Å². The van der Waals surface area contributed by atoms with E-state index in [1.54, 1.807) is 35.0 Å². The number of aromatic nitrogens is 2. The Bertz CT molecular complexity index is 1810. The van der Waals surface area contributed by atoms with Gasteiger partial charge in [0.2, 0.25) is 0 Å². The smallest absolute Gasteiger partial charge is 0.166 e. The predicted octanol–water partition coefficient (Wildman–Crippen LogP) is 6.88. The average molecular weight is 580 g/mol. The van der Waals surface area contributed by atoms with Gasteiger partial charge in [0.25, 0.3) is 0 Å². The van der Waals surface area contributed by atoms with Crippen LogP contribution in [0.4, 0.5) is 8.78 Å². The highest BCUT2D eigenvalue weighted by Gasteiger charge is 2.54. The minimum absolute atomic E-state index is 0.0193. The molecule has 6 rings (SSSR count). The first-order chi connectivity index (χ1) is 20.9. The van der Waals surface area contributed by atoms with E-state index in [1.165, 1.54) is 24.3 Å². The van der Waals surface area contributed by atoms with Gasteiger partial charge in [-0.25, -0.2) is 13.3 Å². The molecule has 3 aromatic carbocycles. The van der Waals surface area contributed by atoms with Crippen molar-refractivity contribution in [1.29, 1.82) is 0 Å². The zero-order chi connectivity index (χ0) is 30.0. The molecule has 0 unspecified atom stereocenters. The third-order valence-corrected chi connectivity index (χ3v) is 8.01. The molecule has 6 nitrogen and oxygen atoms in total. The molecular weight excluding hydrogens is 548 g/mol. The molecule has 0 amide bonds. The van der Waals surface area contributed by atoms with Gasteiger partial charge in [0.1, 0.15) is 11.3 Å². The zero-order valence-corrected chi connectivity index (χ0v) is 23.8. The maximum atomic E-state index is 15.3. The van der Waals surface area contributed by atoms with Crippen LogP contribution in [0.3, 0.4) is 0 Å². The van der Waals surface area contributed by atoms with Crippen LogP contribution >= 0.6 is 0 Å². The summed E-state index contributed by atoms with van der Waals surface area (Å²) in [5.74, 6) is -0.929. The Labute approximate surface area is 248 Å². The molecule has 0 atom stereocenters. The third kappa shape index (κ3) is 5.96. The maximum absolute atomic E-state index is 15.3. The van der Waals surface area contributed by atoms with Crippen LogP contribution in [0.5, 0.6) is 11.5 Å². The molecule has 2 aromatic heterocycles. The molecule has 1 aliphatic rings. The average Bonchev–Trinajstić information content (AvgIpc) is 3.72. The predicted molar refractivity (Wildman–Crippen MR) is 160 cm³/mol. The van der Waals surface area contributed by atoms with Crippen molar-refractivity contribution < 1.29 is 23.1 Å². The summed E-state index contributed by atoms with van der Waals surface area (Å²) >= 11 is 0. The molecule has 8 heteroatoms. The van der Waals surface area contributed by atoms with E-state index in [2.05, 4.69) is 29.5 Å². The van der Waals surface area contributed by atoms with E-state index < -0.39 is 11.2 Å². The van der Waals surface area contributed by atoms with Gasteiger partial charge >= 0.3 is 0 Å². The van der Waals surface area contributed by atoms with E-state index in [1.807, 2.05) is 24.4 Å². The zero-order valence-electron chi connectivity index (χ0n) is 23.8. The summed E-state index contributed by atoms with van der Waals surface area (Å²) in [5, 5.41) is 7.73. The van der Waals surface area contributed by atoms with Crippen molar-refractivity contribution in [3.8, 4) is 22.6 Å². The number of nitrogens with zero attached hydrogens (tertiary/aromatic N) is 2.